The van der Waals surface area contributed by atoms with Crippen LogP contribution in [0, 0.1) is 0 Å². The van der Waals surface area contributed by atoms with Crippen molar-refractivity contribution in [2.75, 3.05) is 6.54 Å². The third kappa shape index (κ3) is 2.03. The molecule has 4 nitrogen and oxygen atoms in total. The molecule has 0 spiro atoms. The molecule has 1 fully saturated rings. The summed E-state index contributed by atoms with van der Waals surface area (Å²) in [6, 6.07) is -0.415. The van der Waals surface area contributed by atoms with Crippen molar-refractivity contribution in [1.29, 1.82) is 0 Å². The molecule has 0 bridgehead atoms. The van der Waals surface area contributed by atoms with Crippen LogP contribution < -0.4 is 0 Å². The molecule has 2 rings (SSSR count). The first-order valence-electron chi connectivity index (χ1n) is 5.41. The van der Waals surface area contributed by atoms with Gasteiger partial charge >= 0.3 is 5.97 Å². The minimum absolute atomic E-state index is 0.132. The summed E-state index contributed by atoms with van der Waals surface area (Å²) in [5, 5.41) is 9.03. The van der Waals surface area contributed by atoms with Gasteiger partial charge in [0.05, 0.1) is 0 Å². The summed E-state index contributed by atoms with van der Waals surface area (Å²) < 4.78 is 0. The van der Waals surface area contributed by atoms with Gasteiger partial charge in [0.1, 0.15) is 6.04 Å². The Morgan fingerprint density at radius 1 is 1.40 bits per heavy atom. The average molecular weight is 209 g/mol. The maximum Gasteiger partial charge on any atom is 0.326 e. The SMILES string of the molecule is O=C1C=C(N2CCC[C@H]2C(=O)O)CCC1. The van der Waals surface area contributed by atoms with Gasteiger partial charge in [0.25, 0.3) is 0 Å². The van der Waals surface area contributed by atoms with Gasteiger partial charge in [-0.1, -0.05) is 0 Å². The van der Waals surface area contributed by atoms with E-state index in [9.17, 15) is 9.59 Å². The smallest absolute Gasteiger partial charge is 0.326 e. The third-order valence-electron chi connectivity index (χ3n) is 3.09. The number of hydrogen-bond acceptors (Lipinski definition) is 3. The van der Waals surface area contributed by atoms with Crippen LogP contribution in [0.1, 0.15) is 32.1 Å². The molecular weight excluding hydrogens is 194 g/mol. The topological polar surface area (TPSA) is 57.6 Å². The van der Waals surface area contributed by atoms with E-state index < -0.39 is 12.0 Å². The van der Waals surface area contributed by atoms with E-state index in [2.05, 4.69) is 0 Å². The second-order valence-corrected chi connectivity index (χ2v) is 4.15. The minimum atomic E-state index is -0.772. The van der Waals surface area contributed by atoms with Gasteiger partial charge in [-0.25, -0.2) is 4.79 Å². The lowest BCUT2D eigenvalue weighted by molar-refractivity contribution is -0.141. The number of carboxylic acid groups (broad SMARTS) is 1. The zero-order valence-corrected chi connectivity index (χ0v) is 8.61. The van der Waals surface area contributed by atoms with Crippen molar-refractivity contribution in [2.45, 2.75) is 38.1 Å². The minimum Gasteiger partial charge on any atom is -0.480 e. The number of carbonyl (C=O) groups is 2. The molecule has 1 aliphatic carbocycles. The second-order valence-electron chi connectivity index (χ2n) is 4.15. The van der Waals surface area contributed by atoms with Gasteiger partial charge in [-0.05, 0) is 25.7 Å². The fourth-order valence-corrected chi connectivity index (χ4v) is 2.37. The van der Waals surface area contributed by atoms with Gasteiger partial charge in [0.2, 0.25) is 0 Å². The van der Waals surface area contributed by atoms with Crippen LogP contribution in [0.2, 0.25) is 0 Å². The standard InChI is InChI=1S/C11H15NO3/c13-9-4-1-3-8(7-9)12-6-2-5-10(12)11(14)15/h7,10H,1-6H2,(H,14,15)/t10-/m0/s1. The highest BCUT2D eigenvalue weighted by atomic mass is 16.4. The van der Waals surface area contributed by atoms with Gasteiger partial charge in [-0.3, -0.25) is 4.79 Å². The highest BCUT2D eigenvalue weighted by Gasteiger charge is 2.32. The molecule has 1 N–H and O–H groups in total. The van der Waals surface area contributed by atoms with Crippen LogP contribution in [0.3, 0.4) is 0 Å². The van der Waals surface area contributed by atoms with Gasteiger partial charge in [0, 0.05) is 24.7 Å². The Kier molecular flexibility index (Phi) is 2.75. The molecule has 0 saturated carbocycles. The van der Waals surface area contributed by atoms with E-state index in [4.69, 9.17) is 5.11 Å². The monoisotopic (exact) mass is 209 g/mol. The van der Waals surface area contributed by atoms with Crippen molar-refractivity contribution in [2.24, 2.45) is 0 Å². The van der Waals surface area contributed by atoms with Crippen molar-refractivity contribution in [3.63, 3.8) is 0 Å². The van der Waals surface area contributed by atoms with Crippen molar-refractivity contribution < 1.29 is 14.7 Å². The molecule has 1 heterocycles. The lowest BCUT2D eigenvalue weighted by Gasteiger charge is -2.28. The average Bonchev–Trinajstić information content (AvgIpc) is 2.65. The van der Waals surface area contributed by atoms with Crippen LogP contribution >= 0.6 is 0 Å². The summed E-state index contributed by atoms with van der Waals surface area (Å²) in [4.78, 5) is 24.1. The molecule has 0 radical (unpaired) electrons. The highest BCUT2D eigenvalue weighted by molar-refractivity contribution is 5.91. The molecule has 0 aromatic carbocycles. The number of carbonyl (C=O) groups excluding carboxylic acids is 1. The zero-order chi connectivity index (χ0) is 10.8. The molecule has 0 aromatic rings. The summed E-state index contributed by atoms with van der Waals surface area (Å²) in [5.74, 6) is -0.640. The molecule has 1 aliphatic heterocycles. The quantitative estimate of drug-likeness (QED) is 0.741. The summed E-state index contributed by atoms with van der Waals surface area (Å²) in [7, 11) is 0. The summed E-state index contributed by atoms with van der Waals surface area (Å²) in [5.41, 5.74) is 0.927. The van der Waals surface area contributed by atoms with Crippen molar-refractivity contribution in [3.8, 4) is 0 Å². The number of allylic oxidation sites excluding steroid dienone is 2. The molecule has 15 heavy (non-hydrogen) atoms. The van der Waals surface area contributed by atoms with E-state index in [1.165, 1.54) is 0 Å². The predicted molar refractivity (Wildman–Crippen MR) is 54.3 cm³/mol. The lowest BCUT2D eigenvalue weighted by atomic mass is 10.0. The number of carboxylic acids is 1. The summed E-state index contributed by atoms with van der Waals surface area (Å²) >= 11 is 0. The molecule has 1 atom stereocenters. The van der Waals surface area contributed by atoms with Gasteiger partial charge in [-0.2, -0.15) is 0 Å². The number of ketones is 1. The molecule has 0 amide bonds. The first-order valence-corrected chi connectivity index (χ1v) is 5.41. The fraction of sp³-hybridized carbons (Fsp3) is 0.636. The second kappa shape index (κ2) is 4.04. The van der Waals surface area contributed by atoms with Crippen molar-refractivity contribution in [1.82, 2.24) is 4.90 Å². The molecule has 1 saturated heterocycles. The van der Waals surface area contributed by atoms with E-state index in [1.54, 1.807) is 6.08 Å². The van der Waals surface area contributed by atoms with Crippen molar-refractivity contribution in [3.05, 3.63) is 11.8 Å². The Morgan fingerprint density at radius 2 is 2.20 bits per heavy atom. The molecule has 0 aromatic heterocycles. The molecule has 82 valence electrons. The lowest BCUT2D eigenvalue weighted by Crippen LogP contribution is -2.36. The summed E-state index contributed by atoms with van der Waals surface area (Å²) in [6.07, 6.45) is 5.53. The Bertz CT molecular complexity index is 322. The zero-order valence-electron chi connectivity index (χ0n) is 8.61. The Hall–Kier alpha value is -1.32. The predicted octanol–water partition coefficient (Wildman–Crippen LogP) is 1.17. The molecule has 2 aliphatic rings. The maximum atomic E-state index is 11.3. The van der Waals surface area contributed by atoms with E-state index in [-0.39, 0.29) is 5.78 Å². The van der Waals surface area contributed by atoms with E-state index in [0.29, 0.717) is 12.8 Å². The van der Waals surface area contributed by atoms with Crippen molar-refractivity contribution >= 4 is 11.8 Å². The number of likely N-dealkylation sites (tertiary alicyclic amines) is 1. The first kappa shape index (κ1) is 10.2. The van der Waals surface area contributed by atoms with Crippen LogP contribution in [0.15, 0.2) is 11.8 Å². The van der Waals surface area contributed by atoms with E-state index in [0.717, 1.165) is 31.5 Å². The van der Waals surface area contributed by atoms with E-state index >= 15 is 0 Å². The molecule has 0 unspecified atom stereocenters. The largest absolute Gasteiger partial charge is 0.480 e. The van der Waals surface area contributed by atoms with Crippen LogP contribution in [-0.4, -0.2) is 34.3 Å². The number of aliphatic carboxylic acids is 1. The van der Waals surface area contributed by atoms with Gasteiger partial charge < -0.3 is 10.0 Å². The Balaban J connectivity index is 2.15. The van der Waals surface area contributed by atoms with Gasteiger partial charge in [-0.15, -0.1) is 0 Å². The highest BCUT2D eigenvalue weighted by Crippen LogP contribution is 2.27. The molecular formula is C11H15NO3. The Morgan fingerprint density at radius 3 is 2.87 bits per heavy atom. The summed E-state index contributed by atoms with van der Waals surface area (Å²) in [6.45, 7) is 0.774. The first-order chi connectivity index (χ1) is 7.18. The van der Waals surface area contributed by atoms with Crippen LogP contribution in [0.4, 0.5) is 0 Å². The maximum absolute atomic E-state index is 11.3. The van der Waals surface area contributed by atoms with Crippen LogP contribution in [0.5, 0.6) is 0 Å². The fourth-order valence-electron chi connectivity index (χ4n) is 2.37. The van der Waals surface area contributed by atoms with Crippen LogP contribution in [0.25, 0.3) is 0 Å². The number of nitrogens with zero attached hydrogens (tertiary/aromatic N) is 1. The van der Waals surface area contributed by atoms with E-state index in [1.807, 2.05) is 4.90 Å². The molecule has 4 heteroatoms. The van der Waals surface area contributed by atoms with Gasteiger partial charge in [0.15, 0.2) is 5.78 Å². The Labute approximate surface area is 88.6 Å². The third-order valence-corrected chi connectivity index (χ3v) is 3.09. The number of hydrogen-bond donors (Lipinski definition) is 1. The van der Waals surface area contributed by atoms with Crippen LogP contribution in [-0.2, 0) is 9.59 Å². The normalized spacial score (nSPS) is 26.7. The number of rotatable bonds is 2.